The van der Waals surface area contributed by atoms with Crippen LogP contribution in [0.5, 0.6) is 0 Å². The molecule has 0 aliphatic carbocycles. The highest BCUT2D eigenvalue weighted by atomic mass is 16.8. The summed E-state index contributed by atoms with van der Waals surface area (Å²) in [4.78, 5) is 1.91. The van der Waals surface area contributed by atoms with Crippen LogP contribution in [-0.4, -0.2) is 25.8 Å². The molecule has 0 unspecified atom stereocenters. The van der Waals surface area contributed by atoms with E-state index in [0.717, 1.165) is 5.56 Å². The molecule has 11 heteroatoms. The van der Waals surface area contributed by atoms with Gasteiger partial charge in [0.25, 0.3) is 11.4 Å². The maximum Gasteiger partial charge on any atom is 0.284 e. The monoisotopic (exact) mass is 325 g/mol. The summed E-state index contributed by atoms with van der Waals surface area (Å²) in [5.41, 5.74) is 1.64. The third-order valence-electron chi connectivity index (χ3n) is 3.70. The zero-order valence-corrected chi connectivity index (χ0v) is 11.9. The van der Waals surface area contributed by atoms with Gasteiger partial charge in [-0.2, -0.15) is 0 Å². The van der Waals surface area contributed by atoms with E-state index in [1.807, 2.05) is 30.3 Å². The molecular weight excluding hydrogens is 318 g/mol. The van der Waals surface area contributed by atoms with E-state index in [1.54, 1.807) is 4.90 Å². The van der Waals surface area contributed by atoms with E-state index in [0.29, 0.717) is 18.2 Å². The zero-order chi connectivity index (χ0) is 16.1. The SMILES string of the molecule is [O-][n+]1onc2c1-c1nonc1N(Cc1ccccc1)c1nonc1-2. The second-order valence-corrected chi connectivity index (χ2v) is 5.07. The molecule has 0 spiro atoms. The Morgan fingerprint density at radius 2 is 1.58 bits per heavy atom. The summed E-state index contributed by atoms with van der Waals surface area (Å²) in [6, 6.07) is 9.63. The van der Waals surface area contributed by atoms with E-state index in [-0.39, 0.29) is 27.7 Å². The maximum atomic E-state index is 12.0. The fourth-order valence-corrected chi connectivity index (χ4v) is 2.64. The first kappa shape index (κ1) is 12.8. The molecule has 0 fully saturated rings. The van der Waals surface area contributed by atoms with Gasteiger partial charge in [-0.1, -0.05) is 30.3 Å². The summed E-state index contributed by atoms with van der Waals surface area (Å²) >= 11 is 0. The number of aromatic nitrogens is 6. The summed E-state index contributed by atoms with van der Waals surface area (Å²) in [7, 11) is 0. The van der Waals surface area contributed by atoms with Gasteiger partial charge in [0.15, 0.2) is 0 Å². The van der Waals surface area contributed by atoms with Crippen molar-refractivity contribution in [3.63, 3.8) is 0 Å². The molecule has 3 aromatic heterocycles. The molecule has 5 rings (SSSR count). The third-order valence-corrected chi connectivity index (χ3v) is 3.70. The van der Waals surface area contributed by atoms with Crippen molar-refractivity contribution in [2.24, 2.45) is 0 Å². The number of fused-ring (bicyclic) bond motifs is 5. The van der Waals surface area contributed by atoms with Crippen molar-refractivity contribution in [3.05, 3.63) is 41.1 Å². The van der Waals surface area contributed by atoms with Crippen LogP contribution in [0, 0.1) is 5.21 Å². The molecule has 0 saturated heterocycles. The van der Waals surface area contributed by atoms with Crippen LogP contribution in [-0.2, 0) is 6.54 Å². The molecule has 1 aromatic carbocycles. The predicted octanol–water partition coefficient (Wildman–Crippen LogP) is 1.06. The Morgan fingerprint density at radius 1 is 0.875 bits per heavy atom. The van der Waals surface area contributed by atoms with Gasteiger partial charge in [-0.3, -0.25) is 9.53 Å². The molecule has 1 aliphatic rings. The summed E-state index contributed by atoms with van der Waals surface area (Å²) in [5, 5.41) is 31.1. The molecule has 24 heavy (non-hydrogen) atoms. The normalized spacial score (nSPS) is 12.4. The first-order valence-electron chi connectivity index (χ1n) is 6.90. The molecule has 0 bridgehead atoms. The highest BCUT2D eigenvalue weighted by Crippen LogP contribution is 2.42. The van der Waals surface area contributed by atoms with Crippen molar-refractivity contribution in [2.75, 3.05) is 4.90 Å². The first-order chi connectivity index (χ1) is 11.8. The minimum absolute atomic E-state index is 0.0405. The standard InChI is InChI=1S/C13H7N7O4/c21-20-11-8(16-24-20)9-12(17-22-14-9)19(13-10(11)15-23-18-13)6-7-4-2-1-3-5-7/h1-5H,6H2. The molecule has 0 amide bonds. The van der Waals surface area contributed by atoms with Gasteiger partial charge >= 0.3 is 0 Å². The van der Waals surface area contributed by atoms with Crippen molar-refractivity contribution >= 4 is 11.6 Å². The smallest absolute Gasteiger partial charge is 0.284 e. The number of rotatable bonds is 2. The van der Waals surface area contributed by atoms with Crippen LogP contribution in [0.15, 0.2) is 44.2 Å². The van der Waals surface area contributed by atoms with E-state index < -0.39 is 0 Å². The fourth-order valence-electron chi connectivity index (χ4n) is 2.64. The number of hydrogen-bond donors (Lipinski definition) is 0. The Hall–Kier alpha value is -3.76. The van der Waals surface area contributed by atoms with Gasteiger partial charge < -0.3 is 5.21 Å². The van der Waals surface area contributed by atoms with Crippen LogP contribution in [0.2, 0.25) is 0 Å². The topological polar surface area (TPSA) is 134 Å². The summed E-state index contributed by atoms with van der Waals surface area (Å²) in [5.74, 6) is 0.630. The highest BCUT2D eigenvalue weighted by molar-refractivity contribution is 5.88. The molecule has 0 atom stereocenters. The first-order valence-corrected chi connectivity index (χ1v) is 6.90. The van der Waals surface area contributed by atoms with Crippen molar-refractivity contribution in [1.29, 1.82) is 0 Å². The average molecular weight is 325 g/mol. The van der Waals surface area contributed by atoms with Crippen molar-refractivity contribution in [1.82, 2.24) is 25.8 Å². The highest BCUT2D eigenvalue weighted by Gasteiger charge is 2.41. The minimum atomic E-state index is 0.0405. The molecule has 11 nitrogen and oxygen atoms in total. The van der Waals surface area contributed by atoms with Crippen molar-refractivity contribution in [2.45, 2.75) is 6.54 Å². The van der Waals surface area contributed by atoms with Crippen LogP contribution >= 0.6 is 0 Å². The lowest BCUT2D eigenvalue weighted by Gasteiger charge is -2.17. The Morgan fingerprint density at radius 3 is 2.38 bits per heavy atom. The van der Waals surface area contributed by atoms with Crippen LogP contribution in [0.4, 0.5) is 11.6 Å². The lowest BCUT2D eigenvalue weighted by Crippen LogP contribution is -2.26. The quantitative estimate of drug-likeness (QED) is 0.492. The Balaban J connectivity index is 1.75. The van der Waals surface area contributed by atoms with E-state index in [4.69, 9.17) is 9.26 Å². The lowest BCUT2D eigenvalue weighted by molar-refractivity contribution is -0.793. The minimum Gasteiger partial charge on any atom is -0.359 e. The summed E-state index contributed by atoms with van der Waals surface area (Å²) in [6.07, 6.45) is 0. The van der Waals surface area contributed by atoms with E-state index in [1.165, 1.54) is 0 Å². The van der Waals surface area contributed by atoms with Gasteiger partial charge in [0, 0.05) is 5.16 Å². The van der Waals surface area contributed by atoms with Gasteiger partial charge in [-0.05, 0) is 31.1 Å². The molecule has 1 aliphatic heterocycles. The van der Waals surface area contributed by atoms with Gasteiger partial charge in [-0.15, -0.1) is 0 Å². The predicted molar refractivity (Wildman–Crippen MR) is 74.3 cm³/mol. The average Bonchev–Trinajstić information content (AvgIpc) is 3.31. The zero-order valence-electron chi connectivity index (χ0n) is 11.9. The summed E-state index contributed by atoms with van der Waals surface area (Å²) < 4.78 is 14.3. The third kappa shape index (κ3) is 1.65. The fraction of sp³-hybridized carbons (Fsp3) is 0.0769. The Labute approximate surface area is 132 Å². The second kappa shape index (κ2) is 4.62. The van der Waals surface area contributed by atoms with Gasteiger partial charge in [0.1, 0.15) is 0 Å². The number of benzene rings is 1. The Kier molecular flexibility index (Phi) is 2.45. The molecule has 4 heterocycles. The summed E-state index contributed by atoms with van der Waals surface area (Å²) in [6.45, 7) is 0.392. The van der Waals surface area contributed by atoms with Gasteiger partial charge in [-0.25, -0.2) is 9.26 Å². The molecule has 4 aromatic rings. The second-order valence-electron chi connectivity index (χ2n) is 5.07. The Bertz CT molecular complexity index is 1020. The van der Waals surface area contributed by atoms with Crippen LogP contribution in [0.3, 0.4) is 0 Å². The maximum absolute atomic E-state index is 12.0. The van der Waals surface area contributed by atoms with E-state index in [9.17, 15) is 5.21 Å². The van der Waals surface area contributed by atoms with Gasteiger partial charge in [0.2, 0.25) is 23.0 Å². The van der Waals surface area contributed by atoms with Crippen LogP contribution < -0.4 is 9.80 Å². The molecule has 0 radical (unpaired) electrons. The number of nitrogens with zero attached hydrogens (tertiary/aromatic N) is 7. The molecule has 0 N–H and O–H groups in total. The van der Waals surface area contributed by atoms with Crippen LogP contribution in [0.1, 0.15) is 5.56 Å². The van der Waals surface area contributed by atoms with Crippen molar-refractivity contribution in [3.8, 4) is 22.8 Å². The van der Waals surface area contributed by atoms with E-state index in [2.05, 4.69) is 30.4 Å². The lowest BCUT2D eigenvalue weighted by atomic mass is 10.2. The molecule has 118 valence electrons. The molecule has 0 saturated carbocycles. The van der Waals surface area contributed by atoms with Crippen LogP contribution in [0.25, 0.3) is 22.8 Å². The largest absolute Gasteiger partial charge is 0.359 e. The number of hydrogen-bond acceptors (Lipinski definition) is 10. The molecular formula is C13H7N7O4. The van der Waals surface area contributed by atoms with E-state index >= 15 is 0 Å². The van der Waals surface area contributed by atoms with Crippen molar-refractivity contribution < 1.29 is 18.8 Å². The van der Waals surface area contributed by atoms with Gasteiger partial charge in [0.05, 0.1) is 6.54 Å². The number of anilines is 2.